The molecule has 1 aromatic carbocycles. The molecule has 2 nitrogen and oxygen atoms in total. The van der Waals surface area contributed by atoms with Crippen LogP contribution in [0.2, 0.25) is 0 Å². The largest absolute Gasteiger partial charge is 0.396 e. The summed E-state index contributed by atoms with van der Waals surface area (Å²) in [5.41, 5.74) is 1.27. The van der Waals surface area contributed by atoms with Crippen molar-refractivity contribution in [2.75, 3.05) is 13.2 Å². The van der Waals surface area contributed by atoms with E-state index >= 15 is 0 Å². The van der Waals surface area contributed by atoms with E-state index in [1.54, 1.807) is 0 Å². The summed E-state index contributed by atoms with van der Waals surface area (Å²) in [5.74, 6) is 1.65. The van der Waals surface area contributed by atoms with Crippen molar-refractivity contribution in [3.8, 4) is 0 Å². The number of ether oxygens (including phenoxy) is 1. The second-order valence-corrected chi connectivity index (χ2v) is 6.47. The number of hydrogen-bond acceptors (Lipinski definition) is 2. The highest BCUT2D eigenvalue weighted by Crippen LogP contribution is 2.32. The Morgan fingerprint density at radius 3 is 2.62 bits per heavy atom. The van der Waals surface area contributed by atoms with E-state index < -0.39 is 0 Å². The molecule has 0 amide bonds. The number of benzene rings is 1. The highest BCUT2D eigenvalue weighted by molar-refractivity contribution is 5.13. The van der Waals surface area contributed by atoms with Crippen molar-refractivity contribution >= 4 is 0 Å². The van der Waals surface area contributed by atoms with Crippen molar-refractivity contribution in [2.24, 2.45) is 11.8 Å². The first-order chi connectivity index (χ1) is 10.4. The molecule has 0 spiro atoms. The zero-order valence-corrected chi connectivity index (χ0v) is 13.2. The van der Waals surface area contributed by atoms with Crippen LogP contribution < -0.4 is 0 Å². The van der Waals surface area contributed by atoms with Gasteiger partial charge in [-0.05, 0) is 36.7 Å². The molecular formula is C19H30O2. The van der Waals surface area contributed by atoms with Gasteiger partial charge in [0.05, 0.1) is 6.61 Å². The smallest absolute Gasteiger partial charge is 0.0717 e. The van der Waals surface area contributed by atoms with Crippen molar-refractivity contribution < 1.29 is 9.84 Å². The van der Waals surface area contributed by atoms with Gasteiger partial charge in [-0.1, -0.05) is 62.4 Å². The predicted octanol–water partition coefficient (Wildman–Crippen LogP) is 4.56. The molecule has 118 valence electrons. The second kappa shape index (κ2) is 9.97. The third-order valence-electron chi connectivity index (χ3n) is 4.63. The fourth-order valence-electron chi connectivity index (χ4n) is 3.46. The lowest BCUT2D eigenvalue weighted by Gasteiger charge is -2.29. The third kappa shape index (κ3) is 6.62. The maximum absolute atomic E-state index is 8.82. The van der Waals surface area contributed by atoms with Crippen molar-refractivity contribution in [3.63, 3.8) is 0 Å². The number of hydrogen-bond donors (Lipinski definition) is 1. The van der Waals surface area contributed by atoms with E-state index in [4.69, 9.17) is 9.84 Å². The van der Waals surface area contributed by atoms with Crippen LogP contribution >= 0.6 is 0 Å². The average molecular weight is 290 g/mol. The maximum atomic E-state index is 8.82. The maximum Gasteiger partial charge on any atom is 0.0717 e. The molecule has 1 N–H and O–H groups in total. The SMILES string of the molecule is OCCCCCC1CCCC(COCc2ccccc2)C1. The Morgan fingerprint density at radius 1 is 1.00 bits per heavy atom. The van der Waals surface area contributed by atoms with E-state index in [0.717, 1.165) is 31.5 Å². The summed E-state index contributed by atoms with van der Waals surface area (Å²) in [7, 11) is 0. The highest BCUT2D eigenvalue weighted by atomic mass is 16.5. The van der Waals surface area contributed by atoms with Crippen LogP contribution in [-0.2, 0) is 11.3 Å². The summed E-state index contributed by atoms with van der Waals surface area (Å²) < 4.78 is 5.92. The summed E-state index contributed by atoms with van der Waals surface area (Å²) in [4.78, 5) is 0. The summed E-state index contributed by atoms with van der Waals surface area (Å²) in [6, 6.07) is 10.4. The van der Waals surface area contributed by atoms with Gasteiger partial charge in [-0.3, -0.25) is 0 Å². The molecule has 1 fully saturated rings. The zero-order valence-electron chi connectivity index (χ0n) is 13.2. The van der Waals surface area contributed by atoms with Crippen molar-refractivity contribution in [1.29, 1.82) is 0 Å². The molecule has 0 saturated heterocycles. The van der Waals surface area contributed by atoms with Crippen molar-refractivity contribution in [3.05, 3.63) is 35.9 Å². The Kier molecular flexibility index (Phi) is 7.83. The Labute approximate surface area is 129 Å². The molecular weight excluding hydrogens is 260 g/mol. The van der Waals surface area contributed by atoms with Crippen LogP contribution in [0.1, 0.15) is 56.9 Å². The van der Waals surface area contributed by atoms with Gasteiger partial charge in [0.1, 0.15) is 0 Å². The van der Waals surface area contributed by atoms with Crippen molar-refractivity contribution in [1.82, 2.24) is 0 Å². The van der Waals surface area contributed by atoms with Gasteiger partial charge in [-0.25, -0.2) is 0 Å². The second-order valence-electron chi connectivity index (χ2n) is 6.47. The van der Waals surface area contributed by atoms with Crippen LogP contribution in [0, 0.1) is 11.8 Å². The molecule has 0 aliphatic heterocycles. The predicted molar refractivity (Wildman–Crippen MR) is 87.1 cm³/mol. The molecule has 1 saturated carbocycles. The summed E-state index contributed by atoms with van der Waals surface area (Å²) in [6.07, 6.45) is 10.2. The molecule has 2 heteroatoms. The molecule has 0 radical (unpaired) electrons. The highest BCUT2D eigenvalue weighted by Gasteiger charge is 2.21. The van der Waals surface area contributed by atoms with Gasteiger partial charge in [0.25, 0.3) is 0 Å². The van der Waals surface area contributed by atoms with E-state index in [1.807, 2.05) is 6.07 Å². The minimum absolute atomic E-state index is 0.348. The lowest BCUT2D eigenvalue weighted by atomic mass is 9.79. The third-order valence-corrected chi connectivity index (χ3v) is 4.63. The fraction of sp³-hybridized carbons (Fsp3) is 0.684. The van der Waals surface area contributed by atoms with Crippen LogP contribution in [-0.4, -0.2) is 18.3 Å². The van der Waals surface area contributed by atoms with Crippen molar-refractivity contribution in [2.45, 2.75) is 58.0 Å². The molecule has 2 atom stereocenters. The monoisotopic (exact) mass is 290 g/mol. The first-order valence-corrected chi connectivity index (χ1v) is 8.61. The lowest BCUT2D eigenvalue weighted by Crippen LogP contribution is -2.20. The van der Waals surface area contributed by atoms with Gasteiger partial charge in [-0.2, -0.15) is 0 Å². The molecule has 2 rings (SSSR count). The quantitative estimate of drug-likeness (QED) is 0.675. The zero-order chi connectivity index (χ0) is 14.8. The minimum atomic E-state index is 0.348. The Bertz CT molecular complexity index is 363. The molecule has 0 heterocycles. The number of aliphatic hydroxyl groups excluding tert-OH is 1. The van der Waals surface area contributed by atoms with Gasteiger partial charge in [0, 0.05) is 13.2 Å². The van der Waals surface area contributed by atoms with Crippen LogP contribution in [0.25, 0.3) is 0 Å². The first-order valence-electron chi connectivity index (χ1n) is 8.61. The Balaban J connectivity index is 1.60. The lowest BCUT2D eigenvalue weighted by molar-refractivity contribution is 0.0626. The van der Waals surface area contributed by atoms with Gasteiger partial charge in [-0.15, -0.1) is 0 Å². The standard InChI is InChI=1S/C19H30O2/c20-13-6-2-5-8-17-11-7-12-19(14-17)16-21-15-18-9-3-1-4-10-18/h1,3-4,9-10,17,19-20H,2,5-8,11-16H2. The summed E-state index contributed by atoms with van der Waals surface area (Å²) in [5, 5.41) is 8.82. The first kappa shape index (κ1) is 16.5. The average Bonchev–Trinajstić information content (AvgIpc) is 2.53. The van der Waals surface area contributed by atoms with Crippen LogP contribution in [0.5, 0.6) is 0 Å². The molecule has 1 aliphatic rings. The minimum Gasteiger partial charge on any atom is -0.396 e. The number of rotatable bonds is 9. The molecule has 21 heavy (non-hydrogen) atoms. The summed E-state index contributed by atoms with van der Waals surface area (Å²) in [6.45, 7) is 2.02. The van der Waals surface area contributed by atoms with Gasteiger partial charge >= 0.3 is 0 Å². The number of unbranched alkanes of at least 4 members (excludes halogenated alkanes) is 2. The molecule has 1 aliphatic carbocycles. The van der Waals surface area contributed by atoms with Gasteiger partial charge in [0.2, 0.25) is 0 Å². The van der Waals surface area contributed by atoms with E-state index in [1.165, 1.54) is 50.5 Å². The molecule has 2 unspecified atom stereocenters. The van der Waals surface area contributed by atoms with Crippen LogP contribution in [0.15, 0.2) is 30.3 Å². The van der Waals surface area contributed by atoms with Crippen LogP contribution in [0.4, 0.5) is 0 Å². The molecule has 0 bridgehead atoms. The molecule has 1 aromatic rings. The van der Waals surface area contributed by atoms with E-state index in [-0.39, 0.29) is 0 Å². The summed E-state index contributed by atoms with van der Waals surface area (Å²) >= 11 is 0. The van der Waals surface area contributed by atoms with Gasteiger partial charge in [0.15, 0.2) is 0 Å². The van der Waals surface area contributed by atoms with Crippen LogP contribution in [0.3, 0.4) is 0 Å². The van der Waals surface area contributed by atoms with E-state index in [0.29, 0.717) is 6.61 Å². The number of aliphatic hydroxyl groups is 1. The van der Waals surface area contributed by atoms with E-state index in [2.05, 4.69) is 24.3 Å². The Morgan fingerprint density at radius 2 is 1.81 bits per heavy atom. The van der Waals surface area contributed by atoms with Gasteiger partial charge < -0.3 is 9.84 Å². The normalized spacial score (nSPS) is 22.3. The fourth-order valence-corrected chi connectivity index (χ4v) is 3.46. The van der Waals surface area contributed by atoms with E-state index in [9.17, 15) is 0 Å². The molecule has 0 aromatic heterocycles. The topological polar surface area (TPSA) is 29.5 Å². The Hall–Kier alpha value is -0.860.